The summed E-state index contributed by atoms with van der Waals surface area (Å²) in [7, 11) is 0. The third-order valence-corrected chi connectivity index (χ3v) is 5.34. The zero-order valence-corrected chi connectivity index (χ0v) is 17.4. The third kappa shape index (κ3) is 5.06. The summed E-state index contributed by atoms with van der Waals surface area (Å²) in [6, 6.07) is 16.1. The maximum absolute atomic E-state index is 13.7. The van der Waals surface area contributed by atoms with Crippen molar-refractivity contribution in [3.63, 3.8) is 0 Å². The quantitative estimate of drug-likeness (QED) is 0.411. The Morgan fingerprint density at radius 3 is 2.59 bits per heavy atom. The van der Waals surface area contributed by atoms with E-state index in [-0.39, 0.29) is 11.3 Å². The molecule has 1 amide bonds. The van der Waals surface area contributed by atoms with Crippen LogP contribution in [-0.2, 0) is 16.1 Å². The fraction of sp³-hybridized carbons (Fsp3) is 0.0870. The van der Waals surface area contributed by atoms with Gasteiger partial charge in [0.15, 0.2) is 6.61 Å². The van der Waals surface area contributed by atoms with Crippen molar-refractivity contribution in [3.05, 3.63) is 95.0 Å². The van der Waals surface area contributed by atoms with Gasteiger partial charge >= 0.3 is 5.97 Å². The second kappa shape index (κ2) is 9.52. The van der Waals surface area contributed by atoms with Crippen molar-refractivity contribution in [2.45, 2.75) is 6.54 Å². The molecular formula is C23H17F2N3O3S. The third-order valence-electron chi connectivity index (χ3n) is 4.46. The Morgan fingerprint density at radius 2 is 1.88 bits per heavy atom. The summed E-state index contributed by atoms with van der Waals surface area (Å²) in [4.78, 5) is 25.6. The van der Waals surface area contributed by atoms with E-state index in [1.165, 1.54) is 11.3 Å². The number of hydrogen-bond acceptors (Lipinski definition) is 5. The predicted molar refractivity (Wildman–Crippen MR) is 116 cm³/mol. The molecule has 1 N–H and O–H groups in total. The average molecular weight is 453 g/mol. The minimum atomic E-state index is -0.924. The van der Waals surface area contributed by atoms with Gasteiger partial charge in [0, 0.05) is 12.3 Å². The molecule has 0 fully saturated rings. The van der Waals surface area contributed by atoms with Crippen LogP contribution in [0.4, 0.5) is 14.5 Å². The molecule has 32 heavy (non-hydrogen) atoms. The standard InChI is InChI=1S/C23H17F2N3O3S/c24-16-8-9-19(18(25)11-16)26-21(29)14-31-23(30)17-13-28(12-15-5-2-1-3-6-15)27-22(17)20-7-4-10-32-20/h1-11,13H,12,14H2,(H,26,29). The van der Waals surface area contributed by atoms with E-state index < -0.39 is 30.1 Å². The number of halogens is 2. The van der Waals surface area contributed by atoms with Crippen LogP contribution in [0.3, 0.4) is 0 Å². The molecule has 0 aliphatic heterocycles. The van der Waals surface area contributed by atoms with Gasteiger partial charge in [-0.1, -0.05) is 36.4 Å². The molecule has 0 saturated carbocycles. The van der Waals surface area contributed by atoms with Gasteiger partial charge in [-0.25, -0.2) is 13.6 Å². The highest BCUT2D eigenvalue weighted by molar-refractivity contribution is 7.13. The monoisotopic (exact) mass is 453 g/mol. The van der Waals surface area contributed by atoms with Crippen LogP contribution in [0.2, 0.25) is 0 Å². The Labute approximate surface area is 186 Å². The highest BCUT2D eigenvalue weighted by Gasteiger charge is 2.21. The molecule has 0 spiro atoms. The van der Waals surface area contributed by atoms with E-state index in [2.05, 4.69) is 10.4 Å². The van der Waals surface area contributed by atoms with Gasteiger partial charge in [0.25, 0.3) is 5.91 Å². The van der Waals surface area contributed by atoms with E-state index in [0.29, 0.717) is 18.3 Å². The van der Waals surface area contributed by atoms with E-state index in [9.17, 15) is 18.4 Å². The molecule has 0 aliphatic rings. The smallest absolute Gasteiger partial charge is 0.342 e. The molecule has 9 heteroatoms. The van der Waals surface area contributed by atoms with Crippen LogP contribution >= 0.6 is 11.3 Å². The number of hydrogen-bond donors (Lipinski definition) is 1. The van der Waals surface area contributed by atoms with Crippen molar-refractivity contribution in [3.8, 4) is 10.6 Å². The topological polar surface area (TPSA) is 73.2 Å². The summed E-state index contributed by atoms with van der Waals surface area (Å²) in [6.45, 7) is -0.180. The molecule has 162 valence electrons. The van der Waals surface area contributed by atoms with Crippen molar-refractivity contribution in [1.29, 1.82) is 0 Å². The molecule has 2 aromatic heterocycles. The summed E-state index contributed by atoms with van der Waals surface area (Å²) in [5.41, 5.74) is 1.46. The second-order valence-corrected chi connectivity index (χ2v) is 7.75. The van der Waals surface area contributed by atoms with Crippen LogP contribution in [-0.4, -0.2) is 28.3 Å². The Morgan fingerprint density at radius 1 is 1.06 bits per heavy atom. The summed E-state index contributed by atoms with van der Waals surface area (Å²) >= 11 is 1.42. The maximum Gasteiger partial charge on any atom is 0.342 e. The molecule has 0 bridgehead atoms. The van der Waals surface area contributed by atoms with Gasteiger partial charge in [-0.05, 0) is 29.1 Å². The summed E-state index contributed by atoms with van der Waals surface area (Å²) in [6.07, 6.45) is 1.57. The second-order valence-electron chi connectivity index (χ2n) is 6.80. The number of aromatic nitrogens is 2. The minimum Gasteiger partial charge on any atom is -0.452 e. The SMILES string of the molecule is O=C(COC(=O)c1cn(Cc2ccccc2)nc1-c1cccs1)Nc1ccc(F)cc1F. The van der Waals surface area contributed by atoms with Gasteiger partial charge in [-0.15, -0.1) is 11.3 Å². The zero-order valence-electron chi connectivity index (χ0n) is 16.6. The first-order valence-corrected chi connectivity index (χ1v) is 10.4. The van der Waals surface area contributed by atoms with Crippen molar-refractivity contribution < 1.29 is 23.1 Å². The molecular weight excluding hydrogens is 436 g/mol. The molecule has 0 saturated heterocycles. The number of ether oxygens (including phenoxy) is 1. The molecule has 4 rings (SSSR count). The number of anilines is 1. The largest absolute Gasteiger partial charge is 0.452 e. The number of thiophene rings is 1. The number of amides is 1. The summed E-state index contributed by atoms with van der Waals surface area (Å²) < 4.78 is 33.5. The van der Waals surface area contributed by atoms with Gasteiger partial charge in [0.05, 0.1) is 17.1 Å². The molecule has 0 radical (unpaired) electrons. The fourth-order valence-electron chi connectivity index (χ4n) is 3.00. The Balaban J connectivity index is 1.47. The number of carbonyl (C=O) groups is 2. The highest BCUT2D eigenvalue weighted by atomic mass is 32.1. The molecule has 4 aromatic rings. The fourth-order valence-corrected chi connectivity index (χ4v) is 3.73. The molecule has 2 aromatic carbocycles. The van der Waals surface area contributed by atoms with Crippen LogP contribution < -0.4 is 5.32 Å². The van der Waals surface area contributed by atoms with E-state index in [1.54, 1.807) is 10.9 Å². The molecule has 0 atom stereocenters. The van der Waals surface area contributed by atoms with Crippen LogP contribution in [0.5, 0.6) is 0 Å². The van der Waals surface area contributed by atoms with E-state index in [1.807, 2.05) is 47.8 Å². The zero-order chi connectivity index (χ0) is 22.5. The van der Waals surface area contributed by atoms with Crippen LogP contribution in [0.25, 0.3) is 10.6 Å². The van der Waals surface area contributed by atoms with Gasteiger partial charge in [0.2, 0.25) is 0 Å². The average Bonchev–Trinajstić information content (AvgIpc) is 3.45. The lowest BCUT2D eigenvalue weighted by Gasteiger charge is -2.07. The molecule has 0 unspecified atom stereocenters. The number of rotatable bonds is 7. The van der Waals surface area contributed by atoms with Crippen molar-refractivity contribution >= 4 is 28.9 Å². The van der Waals surface area contributed by atoms with Gasteiger partial charge in [-0.3, -0.25) is 9.48 Å². The minimum absolute atomic E-state index is 0.206. The van der Waals surface area contributed by atoms with Gasteiger partial charge < -0.3 is 10.1 Å². The molecule has 6 nitrogen and oxygen atoms in total. The predicted octanol–water partition coefficient (Wildman–Crippen LogP) is 4.73. The van der Waals surface area contributed by atoms with E-state index in [0.717, 1.165) is 22.6 Å². The van der Waals surface area contributed by atoms with Crippen LogP contribution in [0, 0.1) is 11.6 Å². The molecule has 2 heterocycles. The Bertz CT molecular complexity index is 1240. The number of carbonyl (C=O) groups excluding carboxylic acids is 2. The van der Waals surface area contributed by atoms with E-state index in [4.69, 9.17) is 4.74 Å². The Kier molecular flexibility index (Phi) is 6.37. The van der Waals surface area contributed by atoms with Gasteiger partial charge in [-0.2, -0.15) is 5.10 Å². The number of nitrogens with one attached hydrogen (secondary N) is 1. The lowest BCUT2D eigenvalue weighted by molar-refractivity contribution is -0.119. The van der Waals surface area contributed by atoms with Crippen molar-refractivity contribution in [1.82, 2.24) is 9.78 Å². The first-order valence-electron chi connectivity index (χ1n) is 9.57. The van der Waals surface area contributed by atoms with Crippen LogP contribution in [0.15, 0.2) is 72.2 Å². The first kappa shape index (κ1) is 21.4. The van der Waals surface area contributed by atoms with Crippen molar-refractivity contribution in [2.24, 2.45) is 0 Å². The molecule has 0 aliphatic carbocycles. The number of nitrogens with zero attached hydrogens (tertiary/aromatic N) is 2. The first-order chi connectivity index (χ1) is 15.5. The summed E-state index contributed by atoms with van der Waals surface area (Å²) in [5.74, 6) is -3.17. The number of benzene rings is 2. The summed E-state index contributed by atoms with van der Waals surface area (Å²) in [5, 5.41) is 8.64. The van der Waals surface area contributed by atoms with E-state index >= 15 is 0 Å². The maximum atomic E-state index is 13.7. The Hall–Kier alpha value is -3.85. The lowest BCUT2D eigenvalue weighted by atomic mass is 10.2. The normalized spacial score (nSPS) is 10.7. The lowest BCUT2D eigenvalue weighted by Crippen LogP contribution is -2.21. The highest BCUT2D eigenvalue weighted by Crippen LogP contribution is 2.27. The van der Waals surface area contributed by atoms with Crippen LogP contribution in [0.1, 0.15) is 15.9 Å². The number of esters is 1. The van der Waals surface area contributed by atoms with Gasteiger partial charge in [0.1, 0.15) is 22.9 Å². The van der Waals surface area contributed by atoms with Crippen molar-refractivity contribution in [2.75, 3.05) is 11.9 Å².